The first kappa shape index (κ1) is 23.2. The molecule has 0 saturated heterocycles. The molecule has 2 unspecified atom stereocenters. The zero-order chi connectivity index (χ0) is 22.8. The van der Waals surface area contributed by atoms with E-state index in [1.807, 2.05) is 0 Å². The fourth-order valence-corrected chi connectivity index (χ4v) is 5.39. The van der Waals surface area contributed by atoms with Gasteiger partial charge >= 0.3 is 5.97 Å². The number of carbonyl (C=O) groups is 1. The standard InChI is InChI=1S/C24H28O6S/c1-23(26,15-6-10-17(28-3)11-7-15)19-14-20(22(25)30-5)31-21(19)24(2,27)16-8-12-18(29-4)13-9-16/h6-14,19,21,26-27H,1-5H3/t19-,21-,23?,24?/m0/s1. The lowest BCUT2D eigenvalue weighted by Crippen LogP contribution is -2.45. The summed E-state index contributed by atoms with van der Waals surface area (Å²) in [5.74, 6) is 0.285. The van der Waals surface area contributed by atoms with Gasteiger partial charge in [0, 0.05) is 5.92 Å². The summed E-state index contributed by atoms with van der Waals surface area (Å²) in [5, 5.41) is 22.7. The number of methoxy groups -OCH3 is 3. The van der Waals surface area contributed by atoms with Gasteiger partial charge in [0.15, 0.2) is 0 Å². The van der Waals surface area contributed by atoms with E-state index >= 15 is 0 Å². The summed E-state index contributed by atoms with van der Waals surface area (Å²) in [6, 6.07) is 14.2. The average molecular weight is 445 g/mol. The highest BCUT2D eigenvalue weighted by atomic mass is 32.2. The second kappa shape index (κ2) is 8.94. The van der Waals surface area contributed by atoms with Crippen molar-refractivity contribution in [3.05, 3.63) is 70.6 Å². The summed E-state index contributed by atoms with van der Waals surface area (Å²) in [5.41, 5.74) is -1.42. The molecule has 2 aromatic rings. The minimum Gasteiger partial charge on any atom is -0.497 e. The number of carbonyl (C=O) groups excluding carboxylic acids is 1. The van der Waals surface area contributed by atoms with Gasteiger partial charge in [-0.15, -0.1) is 11.8 Å². The predicted octanol–water partition coefficient (Wildman–Crippen LogP) is 3.61. The van der Waals surface area contributed by atoms with Crippen LogP contribution in [0.5, 0.6) is 11.5 Å². The zero-order valence-electron chi connectivity index (χ0n) is 18.3. The molecule has 4 atom stereocenters. The average Bonchev–Trinajstić information content (AvgIpc) is 3.26. The van der Waals surface area contributed by atoms with Crippen molar-refractivity contribution in [2.75, 3.05) is 21.3 Å². The number of benzene rings is 2. The van der Waals surface area contributed by atoms with E-state index in [2.05, 4.69) is 0 Å². The van der Waals surface area contributed by atoms with Crippen LogP contribution in [-0.4, -0.2) is 42.8 Å². The van der Waals surface area contributed by atoms with Crippen LogP contribution < -0.4 is 9.47 Å². The Labute approximate surface area is 186 Å². The first-order chi connectivity index (χ1) is 14.6. The Morgan fingerprint density at radius 2 is 1.29 bits per heavy atom. The van der Waals surface area contributed by atoms with Crippen LogP contribution in [0.1, 0.15) is 25.0 Å². The molecule has 1 heterocycles. The molecule has 0 amide bonds. The molecule has 31 heavy (non-hydrogen) atoms. The Kier molecular flexibility index (Phi) is 6.69. The number of aliphatic hydroxyl groups is 2. The number of hydrogen-bond acceptors (Lipinski definition) is 7. The number of thioether (sulfide) groups is 1. The molecule has 1 aliphatic heterocycles. The van der Waals surface area contributed by atoms with E-state index in [4.69, 9.17) is 14.2 Å². The van der Waals surface area contributed by atoms with Crippen LogP contribution in [0.2, 0.25) is 0 Å². The Hall–Kier alpha value is -2.48. The fraction of sp³-hybridized carbons (Fsp3) is 0.375. The third kappa shape index (κ3) is 4.44. The maximum Gasteiger partial charge on any atom is 0.344 e. The van der Waals surface area contributed by atoms with Crippen molar-refractivity contribution in [3.63, 3.8) is 0 Å². The summed E-state index contributed by atoms with van der Waals surface area (Å²) in [6.45, 7) is 3.38. The monoisotopic (exact) mass is 444 g/mol. The normalized spacial score (nSPS) is 22.1. The van der Waals surface area contributed by atoms with E-state index < -0.39 is 28.3 Å². The Balaban J connectivity index is 2.03. The van der Waals surface area contributed by atoms with Crippen molar-refractivity contribution in [2.45, 2.75) is 30.3 Å². The van der Waals surface area contributed by atoms with Gasteiger partial charge < -0.3 is 24.4 Å². The minimum atomic E-state index is -1.36. The predicted molar refractivity (Wildman–Crippen MR) is 120 cm³/mol. The molecule has 7 heteroatoms. The second-order valence-corrected chi connectivity index (χ2v) is 9.02. The van der Waals surface area contributed by atoms with E-state index in [0.717, 1.165) is 0 Å². The lowest BCUT2D eigenvalue weighted by atomic mass is 9.74. The van der Waals surface area contributed by atoms with Crippen molar-refractivity contribution in [3.8, 4) is 11.5 Å². The third-order valence-corrected chi connectivity index (χ3v) is 7.41. The first-order valence-electron chi connectivity index (χ1n) is 9.85. The Morgan fingerprint density at radius 3 is 1.71 bits per heavy atom. The molecule has 0 bridgehead atoms. The third-order valence-electron chi connectivity index (χ3n) is 5.85. The van der Waals surface area contributed by atoms with Crippen molar-refractivity contribution in [1.82, 2.24) is 0 Å². The minimum absolute atomic E-state index is 0.361. The topological polar surface area (TPSA) is 85.2 Å². The van der Waals surface area contributed by atoms with Crippen LogP contribution in [0, 0.1) is 5.92 Å². The van der Waals surface area contributed by atoms with Crippen molar-refractivity contribution in [1.29, 1.82) is 0 Å². The molecule has 166 valence electrons. The fourth-order valence-electron chi connectivity index (χ4n) is 3.85. The van der Waals surface area contributed by atoms with Crippen LogP contribution in [0.3, 0.4) is 0 Å². The Morgan fingerprint density at radius 1 is 0.839 bits per heavy atom. The van der Waals surface area contributed by atoms with Gasteiger partial charge in [0.2, 0.25) is 0 Å². The van der Waals surface area contributed by atoms with Gasteiger partial charge in [-0.2, -0.15) is 0 Å². The van der Waals surface area contributed by atoms with Crippen molar-refractivity contribution >= 4 is 17.7 Å². The van der Waals surface area contributed by atoms with Gasteiger partial charge in [0.05, 0.1) is 42.7 Å². The van der Waals surface area contributed by atoms with E-state index in [1.54, 1.807) is 82.7 Å². The maximum atomic E-state index is 12.3. The highest BCUT2D eigenvalue weighted by Crippen LogP contribution is 2.52. The number of rotatable bonds is 7. The van der Waals surface area contributed by atoms with Gasteiger partial charge in [-0.05, 0) is 49.2 Å². The van der Waals surface area contributed by atoms with Gasteiger partial charge in [-0.3, -0.25) is 0 Å². The molecule has 2 N–H and O–H groups in total. The van der Waals surface area contributed by atoms with Crippen LogP contribution >= 0.6 is 11.8 Å². The molecule has 0 fully saturated rings. The van der Waals surface area contributed by atoms with E-state index in [9.17, 15) is 15.0 Å². The summed E-state index contributed by atoms with van der Waals surface area (Å²) in [4.78, 5) is 12.7. The van der Waals surface area contributed by atoms with Crippen molar-refractivity contribution in [2.24, 2.45) is 5.92 Å². The van der Waals surface area contributed by atoms with E-state index in [0.29, 0.717) is 27.5 Å². The Bertz CT molecular complexity index is 947. The SMILES string of the molecule is COC(=O)C1=C[C@H](C(C)(O)c2ccc(OC)cc2)[C@@H](C(C)(O)c2ccc(OC)cc2)S1. The van der Waals surface area contributed by atoms with E-state index in [-0.39, 0.29) is 0 Å². The molecule has 2 aromatic carbocycles. The van der Waals surface area contributed by atoms with Crippen LogP contribution in [0.4, 0.5) is 0 Å². The molecule has 0 aromatic heterocycles. The molecule has 6 nitrogen and oxygen atoms in total. The molecule has 0 aliphatic carbocycles. The smallest absolute Gasteiger partial charge is 0.344 e. The number of hydrogen-bond donors (Lipinski definition) is 2. The summed E-state index contributed by atoms with van der Waals surface area (Å²) < 4.78 is 15.3. The highest BCUT2D eigenvalue weighted by molar-refractivity contribution is 8.04. The molecule has 1 aliphatic rings. The van der Waals surface area contributed by atoms with Crippen molar-refractivity contribution < 1.29 is 29.2 Å². The summed E-state index contributed by atoms with van der Waals surface area (Å²) in [6.07, 6.45) is 1.70. The maximum absolute atomic E-state index is 12.3. The summed E-state index contributed by atoms with van der Waals surface area (Å²) >= 11 is 1.21. The molecule has 0 saturated carbocycles. The first-order valence-corrected chi connectivity index (χ1v) is 10.7. The molecule has 0 radical (unpaired) electrons. The van der Waals surface area contributed by atoms with E-state index in [1.165, 1.54) is 18.9 Å². The molecular formula is C24H28O6S. The van der Waals surface area contributed by atoms with Gasteiger partial charge in [0.1, 0.15) is 11.5 Å². The van der Waals surface area contributed by atoms with Gasteiger partial charge in [-0.25, -0.2) is 4.79 Å². The lowest BCUT2D eigenvalue weighted by molar-refractivity contribution is -0.135. The molecule has 0 spiro atoms. The number of esters is 1. The largest absolute Gasteiger partial charge is 0.497 e. The second-order valence-electron chi connectivity index (χ2n) is 7.84. The van der Waals surface area contributed by atoms with Gasteiger partial charge in [0.25, 0.3) is 0 Å². The number of ether oxygens (including phenoxy) is 3. The van der Waals surface area contributed by atoms with Crippen LogP contribution in [0.25, 0.3) is 0 Å². The quantitative estimate of drug-likeness (QED) is 0.631. The molecule has 3 rings (SSSR count). The van der Waals surface area contributed by atoms with Gasteiger partial charge in [-0.1, -0.05) is 30.3 Å². The highest BCUT2D eigenvalue weighted by Gasteiger charge is 2.51. The van der Waals surface area contributed by atoms with Crippen LogP contribution in [0.15, 0.2) is 59.5 Å². The zero-order valence-corrected chi connectivity index (χ0v) is 19.1. The lowest BCUT2D eigenvalue weighted by Gasteiger charge is -2.40. The summed E-state index contributed by atoms with van der Waals surface area (Å²) in [7, 11) is 4.47. The van der Waals surface area contributed by atoms with Crippen LogP contribution in [-0.2, 0) is 20.7 Å². The molecular weight excluding hydrogens is 416 g/mol.